The van der Waals surface area contributed by atoms with Crippen molar-refractivity contribution in [3.63, 3.8) is 0 Å². The van der Waals surface area contributed by atoms with Gasteiger partial charge >= 0.3 is 5.97 Å². The molecule has 0 bridgehead atoms. The second-order valence-electron chi connectivity index (χ2n) is 4.43. The number of carboxylic acids is 1. The molecule has 1 N–H and O–H groups in total. The molecule has 21 heavy (non-hydrogen) atoms. The SMILES string of the molecule is COc1ccc(C[C@H](Sc2ccccc2)C(=O)O)cc1Cl. The standard InChI is InChI=1S/C16H15ClO3S/c1-20-14-8-7-11(9-13(14)17)10-15(16(18)19)21-12-5-3-2-4-6-12/h2-9,15H,10H2,1H3,(H,18,19)/t15-/m0/s1. The van der Waals surface area contributed by atoms with Crippen LogP contribution in [0.15, 0.2) is 53.4 Å². The van der Waals surface area contributed by atoms with Crippen LogP contribution in [0, 0.1) is 0 Å². The van der Waals surface area contributed by atoms with E-state index in [9.17, 15) is 9.90 Å². The summed E-state index contributed by atoms with van der Waals surface area (Å²) in [5, 5.41) is 9.32. The lowest BCUT2D eigenvalue weighted by molar-refractivity contribution is -0.136. The van der Waals surface area contributed by atoms with Gasteiger partial charge in [-0.2, -0.15) is 0 Å². The molecule has 0 saturated carbocycles. The average Bonchev–Trinajstić information content (AvgIpc) is 2.48. The summed E-state index contributed by atoms with van der Waals surface area (Å²) in [5.41, 5.74) is 0.872. The van der Waals surface area contributed by atoms with Gasteiger partial charge in [0.1, 0.15) is 11.0 Å². The number of aliphatic carboxylic acids is 1. The molecule has 110 valence electrons. The molecule has 2 rings (SSSR count). The summed E-state index contributed by atoms with van der Waals surface area (Å²) in [7, 11) is 1.55. The lowest BCUT2D eigenvalue weighted by atomic mass is 10.1. The van der Waals surface area contributed by atoms with Crippen molar-refractivity contribution < 1.29 is 14.6 Å². The lowest BCUT2D eigenvalue weighted by Crippen LogP contribution is -2.19. The normalized spacial score (nSPS) is 11.9. The molecular formula is C16H15ClO3S. The Hall–Kier alpha value is -1.65. The molecule has 2 aromatic carbocycles. The quantitative estimate of drug-likeness (QED) is 0.812. The van der Waals surface area contributed by atoms with Gasteiger partial charge in [-0.3, -0.25) is 4.79 Å². The van der Waals surface area contributed by atoms with E-state index in [2.05, 4.69) is 0 Å². The first-order chi connectivity index (χ1) is 10.1. The predicted octanol–water partition coefficient (Wildman–Crippen LogP) is 4.14. The maximum Gasteiger partial charge on any atom is 0.317 e. The van der Waals surface area contributed by atoms with Crippen LogP contribution in [-0.4, -0.2) is 23.4 Å². The number of benzene rings is 2. The van der Waals surface area contributed by atoms with Crippen molar-refractivity contribution >= 4 is 29.3 Å². The van der Waals surface area contributed by atoms with Crippen LogP contribution in [0.3, 0.4) is 0 Å². The van der Waals surface area contributed by atoms with E-state index in [4.69, 9.17) is 16.3 Å². The molecule has 0 unspecified atom stereocenters. The van der Waals surface area contributed by atoms with E-state index in [0.29, 0.717) is 17.2 Å². The maximum absolute atomic E-state index is 11.4. The Bertz CT molecular complexity index is 616. The molecule has 0 aromatic heterocycles. The van der Waals surface area contributed by atoms with Crippen molar-refractivity contribution in [1.29, 1.82) is 0 Å². The van der Waals surface area contributed by atoms with Crippen molar-refractivity contribution in [2.75, 3.05) is 7.11 Å². The Morgan fingerprint density at radius 2 is 2.00 bits per heavy atom. The number of thioether (sulfide) groups is 1. The van der Waals surface area contributed by atoms with E-state index in [1.165, 1.54) is 11.8 Å². The van der Waals surface area contributed by atoms with Gasteiger partial charge in [0.2, 0.25) is 0 Å². The van der Waals surface area contributed by atoms with Crippen LogP contribution in [0.25, 0.3) is 0 Å². The van der Waals surface area contributed by atoms with Crippen LogP contribution in [-0.2, 0) is 11.2 Å². The molecule has 0 fully saturated rings. The largest absolute Gasteiger partial charge is 0.495 e. The van der Waals surface area contributed by atoms with Crippen molar-refractivity contribution in [3.05, 3.63) is 59.1 Å². The van der Waals surface area contributed by atoms with Crippen LogP contribution < -0.4 is 4.74 Å². The summed E-state index contributed by atoms with van der Waals surface area (Å²) in [4.78, 5) is 12.4. The Kier molecular flexibility index (Phi) is 5.53. The molecule has 5 heteroatoms. The highest BCUT2D eigenvalue weighted by Gasteiger charge is 2.20. The third kappa shape index (κ3) is 4.41. The second kappa shape index (κ2) is 7.38. The fourth-order valence-corrected chi connectivity index (χ4v) is 3.19. The minimum atomic E-state index is -0.837. The topological polar surface area (TPSA) is 46.5 Å². The van der Waals surface area contributed by atoms with Crippen molar-refractivity contribution in [1.82, 2.24) is 0 Å². The molecule has 0 heterocycles. The van der Waals surface area contributed by atoms with Gasteiger partial charge in [-0.1, -0.05) is 35.9 Å². The highest BCUT2D eigenvalue weighted by molar-refractivity contribution is 8.00. The number of rotatable bonds is 6. The van der Waals surface area contributed by atoms with E-state index in [-0.39, 0.29) is 0 Å². The molecule has 3 nitrogen and oxygen atoms in total. The molecule has 2 aromatic rings. The number of carboxylic acid groups (broad SMARTS) is 1. The summed E-state index contributed by atoms with van der Waals surface area (Å²) in [6.07, 6.45) is 0.401. The van der Waals surface area contributed by atoms with E-state index < -0.39 is 11.2 Å². The highest BCUT2D eigenvalue weighted by atomic mass is 35.5. The second-order valence-corrected chi connectivity index (χ2v) is 6.11. The van der Waals surface area contributed by atoms with E-state index in [0.717, 1.165) is 10.5 Å². The fraction of sp³-hybridized carbons (Fsp3) is 0.188. The minimum absolute atomic E-state index is 0.401. The van der Waals surface area contributed by atoms with Crippen molar-refractivity contribution in [2.24, 2.45) is 0 Å². The summed E-state index contributed by atoms with van der Waals surface area (Å²) in [6.45, 7) is 0. The Morgan fingerprint density at radius 3 is 2.57 bits per heavy atom. The average molecular weight is 323 g/mol. The number of carbonyl (C=O) groups is 1. The zero-order valence-corrected chi connectivity index (χ0v) is 13.0. The molecule has 0 aliphatic rings. The molecule has 0 aliphatic carbocycles. The van der Waals surface area contributed by atoms with Crippen LogP contribution in [0.2, 0.25) is 5.02 Å². The Morgan fingerprint density at radius 1 is 1.29 bits per heavy atom. The maximum atomic E-state index is 11.4. The van der Waals surface area contributed by atoms with Gasteiger partial charge in [-0.05, 0) is 36.2 Å². The Labute approximate surface area is 132 Å². The number of ether oxygens (including phenoxy) is 1. The van der Waals surface area contributed by atoms with Gasteiger partial charge in [-0.25, -0.2) is 0 Å². The first-order valence-electron chi connectivity index (χ1n) is 6.37. The summed E-state index contributed by atoms with van der Waals surface area (Å²) in [5.74, 6) is -0.251. The number of methoxy groups -OCH3 is 1. The van der Waals surface area contributed by atoms with Crippen LogP contribution >= 0.6 is 23.4 Å². The third-order valence-corrected chi connectivity index (χ3v) is 4.43. The van der Waals surface area contributed by atoms with Gasteiger partial charge in [-0.15, -0.1) is 11.8 Å². The molecule has 0 amide bonds. The minimum Gasteiger partial charge on any atom is -0.495 e. The van der Waals surface area contributed by atoms with Gasteiger partial charge < -0.3 is 9.84 Å². The van der Waals surface area contributed by atoms with Crippen molar-refractivity contribution in [2.45, 2.75) is 16.6 Å². The highest BCUT2D eigenvalue weighted by Crippen LogP contribution is 2.29. The van der Waals surface area contributed by atoms with Gasteiger partial charge in [0.15, 0.2) is 0 Å². The summed E-state index contributed by atoms with van der Waals surface area (Å²) in [6, 6.07) is 14.8. The zero-order valence-electron chi connectivity index (χ0n) is 11.5. The van der Waals surface area contributed by atoms with Crippen LogP contribution in [0.4, 0.5) is 0 Å². The van der Waals surface area contributed by atoms with Crippen LogP contribution in [0.1, 0.15) is 5.56 Å². The summed E-state index contributed by atoms with van der Waals surface area (Å²) < 4.78 is 5.09. The summed E-state index contributed by atoms with van der Waals surface area (Å²) >= 11 is 7.41. The van der Waals surface area contributed by atoms with E-state index in [1.54, 1.807) is 19.2 Å². The third-order valence-electron chi connectivity index (χ3n) is 2.93. The number of halogens is 1. The number of hydrogen-bond donors (Lipinski definition) is 1. The van der Waals surface area contributed by atoms with Gasteiger partial charge in [0.25, 0.3) is 0 Å². The van der Waals surface area contributed by atoms with E-state index in [1.807, 2.05) is 36.4 Å². The van der Waals surface area contributed by atoms with E-state index >= 15 is 0 Å². The molecule has 0 spiro atoms. The van der Waals surface area contributed by atoms with Gasteiger partial charge in [0.05, 0.1) is 12.1 Å². The first kappa shape index (κ1) is 15.7. The first-order valence-corrected chi connectivity index (χ1v) is 7.63. The Balaban J connectivity index is 2.13. The molecule has 0 aliphatic heterocycles. The van der Waals surface area contributed by atoms with Crippen molar-refractivity contribution in [3.8, 4) is 5.75 Å². The molecule has 0 saturated heterocycles. The fourth-order valence-electron chi connectivity index (χ4n) is 1.89. The molecular weight excluding hydrogens is 308 g/mol. The molecule has 1 atom stereocenters. The molecule has 0 radical (unpaired) electrons. The van der Waals surface area contributed by atoms with Gasteiger partial charge in [0, 0.05) is 4.90 Å². The smallest absolute Gasteiger partial charge is 0.317 e. The monoisotopic (exact) mass is 322 g/mol. The number of hydrogen-bond acceptors (Lipinski definition) is 3. The zero-order chi connectivity index (χ0) is 15.2. The lowest BCUT2D eigenvalue weighted by Gasteiger charge is -2.13. The van der Waals surface area contributed by atoms with Crippen LogP contribution in [0.5, 0.6) is 5.75 Å². The predicted molar refractivity (Wildman–Crippen MR) is 85.4 cm³/mol.